The van der Waals surface area contributed by atoms with Gasteiger partial charge in [-0.3, -0.25) is 9.78 Å². The largest absolute Gasteiger partial charge is 0.378 e. The van der Waals surface area contributed by atoms with Crippen LogP contribution in [0.4, 0.5) is 5.69 Å². The van der Waals surface area contributed by atoms with Gasteiger partial charge in [0, 0.05) is 36.6 Å². The third kappa shape index (κ3) is 3.42. The molecular weight excluding hydrogens is 324 g/mol. The number of hydrogen-bond donors (Lipinski definition) is 1. The first kappa shape index (κ1) is 15.5. The molecule has 0 aromatic carbocycles. The number of thiazole rings is 1. The third-order valence-corrected chi connectivity index (χ3v) is 5.31. The number of morpholine rings is 1. The summed E-state index contributed by atoms with van der Waals surface area (Å²) in [5, 5.41) is 6.07. The average molecular weight is 344 g/mol. The van der Waals surface area contributed by atoms with E-state index in [2.05, 4.69) is 20.2 Å². The summed E-state index contributed by atoms with van der Waals surface area (Å²) in [6, 6.07) is 3.82. The van der Waals surface area contributed by atoms with E-state index >= 15 is 0 Å². The molecule has 1 saturated heterocycles. The van der Waals surface area contributed by atoms with Crippen molar-refractivity contribution in [2.75, 3.05) is 31.2 Å². The van der Waals surface area contributed by atoms with Crippen molar-refractivity contribution in [1.82, 2.24) is 15.3 Å². The van der Waals surface area contributed by atoms with Crippen molar-refractivity contribution in [1.29, 1.82) is 0 Å². The fourth-order valence-electron chi connectivity index (χ4n) is 2.98. The van der Waals surface area contributed by atoms with Gasteiger partial charge in [0.25, 0.3) is 5.91 Å². The van der Waals surface area contributed by atoms with Gasteiger partial charge in [0.05, 0.1) is 19.3 Å². The lowest BCUT2D eigenvalue weighted by Gasteiger charge is -2.29. The molecule has 2 aromatic heterocycles. The van der Waals surface area contributed by atoms with Crippen LogP contribution in [-0.2, 0) is 4.74 Å². The Balaban J connectivity index is 1.49. The van der Waals surface area contributed by atoms with Crippen molar-refractivity contribution in [3.63, 3.8) is 0 Å². The molecule has 1 aliphatic carbocycles. The summed E-state index contributed by atoms with van der Waals surface area (Å²) in [7, 11) is 0. The number of anilines is 1. The summed E-state index contributed by atoms with van der Waals surface area (Å²) >= 11 is 1.59. The van der Waals surface area contributed by atoms with Gasteiger partial charge in [-0.15, -0.1) is 11.3 Å². The topological polar surface area (TPSA) is 67.4 Å². The van der Waals surface area contributed by atoms with E-state index in [4.69, 9.17) is 4.74 Å². The Morgan fingerprint density at radius 1 is 1.29 bits per heavy atom. The first-order valence-corrected chi connectivity index (χ1v) is 9.18. The molecule has 1 amide bonds. The Kier molecular flexibility index (Phi) is 4.44. The van der Waals surface area contributed by atoms with Gasteiger partial charge in [0.1, 0.15) is 10.7 Å². The number of nitrogens with zero attached hydrogens (tertiary/aromatic N) is 3. The SMILES string of the molecule is O=C(NC(c1nccs1)C1CC1)c1cc(N2CCOCC2)ccn1. The smallest absolute Gasteiger partial charge is 0.270 e. The Morgan fingerprint density at radius 3 is 2.83 bits per heavy atom. The number of ether oxygens (including phenoxy) is 1. The molecule has 4 rings (SSSR count). The summed E-state index contributed by atoms with van der Waals surface area (Å²) in [5.74, 6) is 0.375. The van der Waals surface area contributed by atoms with Gasteiger partial charge < -0.3 is 15.0 Å². The summed E-state index contributed by atoms with van der Waals surface area (Å²) < 4.78 is 5.38. The van der Waals surface area contributed by atoms with Crippen molar-refractivity contribution >= 4 is 22.9 Å². The highest BCUT2D eigenvalue weighted by Gasteiger charge is 2.35. The fraction of sp³-hybridized carbons (Fsp3) is 0.471. The predicted octanol–water partition coefficient (Wildman–Crippen LogP) is 2.26. The van der Waals surface area contributed by atoms with Crippen molar-refractivity contribution in [3.8, 4) is 0 Å². The van der Waals surface area contributed by atoms with Crippen molar-refractivity contribution < 1.29 is 9.53 Å². The molecule has 1 unspecified atom stereocenters. The molecule has 1 aliphatic heterocycles. The highest BCUT2D eigenvalue weighted by atomic mass is 32.1. The van der Waals surface area contributed by atoms with E-state index < -0.39 is 0 Å². The Morgan fingerprint density at radius 2 is 2.12 bits per heavy atom. The zero-order chi connectivity index (χ0) is 16.4. The minimum atomic E-state index is -0.128. The van der Waals surface area contributed by atoms with Gasteiger partial charge in [-0.2, -0.15) is 0 Å². The highest BCUT2D eigenvalue weighted by Crippen LogP contribution is 2.41. The zero-order valence-corrected chi connectivity index (χ0v) is 14.2. The second-order valence-corrected chi connectivity index (χ2v) is 7.08. The van der Waals surface area contributed by atoms with Crippen LogP contribution < -0.4 is 10.2 Å². The van der Waals surface area contributed by atoms with Gasteiger partial charge in [0.15, 0.2) is 0 Å². The van der Waals surface area contributed by atoms with Gasteiger partial charge >= 0.3 is 0 Å². The van der Waals surface area contributed by atoms with Crippen LogP contribution in [0.2, 0.25) is 0 Å². The number of amides is 1. The van der Waals surface area contributed by atoms with Crippen LogP contribution >= 0.6 is 11.3 Å². The Bertz CT molecular complexity index is 696. The molecule has 126 valence electrons. The molecule has 1 atom stereocenters. The second-order valence-electron chi connectivity index (χ2n) is 6.16. The number of carbonyl (C=O) groups excluding carboxylic acids is 1. The van der Waals surface area contributed by atoms with Crippen LogP contribution in [0.5, 0.6) is 0 Å². The zero-order valence-electron chi connectivity index (χ0n) is 13.4. The number of nitrogens with one attached hydrogen (secondary N) is 1. The summed E-state index contributed by atoms with van der Waals surface area (Å²) in [5.41, 5.74) is 1.48. The lowest BCUT2D eigenvalue weighted by atomic mass is 10.2. The lowest BCUT2D eigenvalue weighted by molar-refractivity contribution is 0.0926. The fourth-order valence-corrected chi connectivity index (χ4v) is 3.76. The molecule has 0 radical (unpaired) electrons. The van der Waals surface area contributed by atoms with Gasteiger partial charge in [-0.05, 0) is 30.9 Å². The number of aromatic nitrogens is 2. The van der Waals surface area contributed by atoms with E-state index in [0.29, 0.717) is 11.6 Å². The van der Waals surface area contributed by atoms with Crippen LogP contribution in [0.25, 0.3) is 0 Å². The molecular formula is C17H20N4O2S. The standard InChI is InChI=1S/C17H20N4O2S/c22-16(20-15(12-1-2-12)17-19-5-10-24-17)14-11-13(3-4-18-14)21-6-8-23-9-7-21/h3-5,10-12,15H,1-2,6-9H2,(H,20,22). The maximum atomic E-state index is 12.7. The van der Waals surface area contributed by atoms with E-state index in [1.54, 1.807) is 23.7 Å². The van der Waals surface area contributed by atoms with Crippen LogP contribution in [0.15, 0.2) is 29.9 Å². The normalized spacial score (nSPS) is 19.1. The van der Waals surface area contributed by atoms with E-state index in [1.165, 1.54) is 0 Å². The molecule has 2 fully saturated rings. The molecule has 3 heterocycles. The molecule has 24 heavy (non-hydrogen) atoms. The van der Waals surface area contributed by atoms with E-state index in [0.717, 1.165) is 49.8 Å². The van der Waals surface area contributed by atoms with Crippen molar-refractivity contribution in [2.45, 2.75) is 18.9 Å². The van der Waals surface area contributed by atoms with Gasteiger partial charge in [-0.25, -0.2) is 4.98 Å². The molecule has 1 saturated carbocycles. The molecule has 7 heteroatoms. The molecule has 1 N–H and O–H groups in total. The molecule has 2 aromatic rings. The van der Waals surface area contributed by atoms with E-state index in [9.17, 15) is 4.79 Å². The van der Waals surface area contributed by atoms with Gasteiger partial charge in [0.2, 0.25) is 0 Å². The lowest BCUT2D eigenvalue weighted by Crippen LogP contribution is -2.36. The van der Waals surface area contributed by atoms with Crippen LogP contribution in [0, 0.1) is 5.92 Å². The maximum Gasteiger partial charge on any atom is 0.270 e. The molecule has 0 bridgehead atoms. The monoisotopic (exact) mass is 344 g/mol. The van der Waals surface area contributed by atoms with Crippen molar-refractivity contribution in [3.05, 3.63) is 40.6 Å². The quantitative estimate of drug-likeness (QED) is 0.901. The first-order chi connectivity index (χ1) is 11.8. The Hall–Kier alpha value is -1.99. The predicted molar refractivity (Wildman–Crippen MR) is 92.3 cm³/mol. The summed E-state index contributed by atoms with van der Waals surface area (Å²) in [6.07, 6.45) is 5.78. The maximum absolute atomic E-state index is 12.7. The summed E-state index contributed by atoms with van der Waals surface area (Å²) in [6.45, 7) is 3.12. The first-order valence-electron chi connectivity index (χ1n) is 8.30. The van der Waals surface area contributed by atoms with Crippen molar-refractivity contribution in [2.24, 2.45) is 5.92 Å². The number of hydrogen-bond acceptors (Lipinski definition) is 6. The Labute approximate surface area is 144 Å². The van der Waals surface area contributed by atoms with Crippen LogP contribution in [0.1, 0.15) is 34.4 Å². The molecule has 2 aliphatic rings. The summed E-state index contributed by atoms with van der Waals surface area (Å²) in [4.78, 5) is 23.5. The van der Waals surface area contributed by atoms with Crippen LogP contribution in [0.3, 0.4) is 0 Å². The molecule has 6 nitrogen and oxygen atoms in total. The van der Waals surface area contributed by atoms with E-state index in [-0.39, 0.29) is 11.9 Å². The van der Waals surface area contributed by atoms with E-state index in [1.807, 2.05) is 17.5 Å². The number of pyridine rings is 1. The average Bonchev–Trinajstić information content (AvgIpc) is 3.34. The number of rotatable bonds is 5. The molecule has 0 spiro atoms. The number of carbonyl (C=O) groups is 1. The minimum Gasteiger partial charge on any atom is -0.378 e. The minimum absolute atomic E-state index is 0.00587. The highest BCUT2D eigenvalue weighted by molar-refractivity contribution is 7.09. The third-order valence-electron chi connectivity index (χ3n) is 4.45. The van der Waals surface area contributed by atoms with Gasteiger partial charge in [-0.1, -0.05) is 0 Å². The van der Waals surface area contributed by atoms with Crippen LogP contribution in [-0.4, -0.2) is 42.2 Å². The second kappa shape index (κ2) is 6.86.